The van der Waals surface area contributed by atoms with Crippen molar-refractivity contribution in [3.05, 3.63) is 59.2 Å². The van der Waals surface area contributed by atoms with E-state index in [1.54, 1.807) is 31.4 Å². The number of methoxy groups -OCH3 is 1. The molecule has 2 amide bonds. The third-order valence-electron chi connectivity index (χ3n) is 4.59. The predicted octanol–water partition coefficient (Wildman–Crippen LogP) is 3.33. The Kier molecular flexibility index (Phi) is 6.49. The van der Waals surface area contributed by atoms with E-state index in [4.69, 9.17) is 14.2 Å². The van der Waals surface area contributed by atoms with Gasteiger partial charge in [0, 0.05) is 6.54 Å². The number of unbranched alkanes of at least 4 members (excludes halogenated alkanes) is 1. The minimum atomic E-state index is -0.571. The number of hydrogen-bond donors (Lipinski definition) is 0. The van der Waals surface area contributed by atoms with Crippen LogP contribution in [0.15, 0.2) is 42.5 Å². The second-order valence-corrected chi connectivity index (χ2v) is 6.54. The molecule has 0 radical (unpaired) electrons. The van der Waals surface area contributed by atoms with E-state index in [2.05, 4.69) is 0 Å². The Labute approximate surface area is 169 Å². The maximum atomic E-state index is 12.5. The number of esters is 1. The van der Waals surface area contributed by atoms with Crippen molar-refractivity contribution in [3.8, 4) is 11.5 Å². The number of imide groups is 1. The lowest BCUT2D eigenvalue weighted by Crippen LogP contribution is -2.30. The van der Waals surface area contributed by atoms with E-state index in [1.807, 2.05) is 6.92 Å². The van der Waals surface area contributed by atoms with Crippen molar-refractivity contribution in [2.75, 3.05) is 26.9 Å². The summed E-state index contributed by atoms with van der Waals surface area (Å²) in [6.07, 6.45) is 1.62. The molecule has 0 saturated heterocycles. The number of fused-ring (bicyclic) bond motifs is 1. The molecule has 3 rings (SSSR count). The van der Waals surface area contributed by atoms with E-state index in [9.17, 15) is 14.4 Å². The van der Waals surface area contributed by atoms with Gasteiger partial charge in [-0.15, -0.1) is 0 Å². The van der Waals surface area contributed by atoms with Crippen molar-refractivity contribution in [2.24, 2.45) is 0 Å². The van der Waals surface area contributed by atoms with Crippen molar-refractivity contribution in [1.29, 1.82) is 0 Å². The number of benzene rings is 2. The van der Waals surface area contributed by atoms with Gasteiger partial charge in [0.05, 0.1) is 23.8 Å². The lowest BCUT2D eigenvalue weighted by atomic mass is 10.1. The molecular formula is C22H23NO6. The van der Waals surface area contributed by atoms with Crippen LogP contribution < -0.4 is 9.47 Å². The van der Waals surface area contributed by atoms with Crippen molar-refractivity contribution < 1.29 is 28.6 Å². The molecule has 2 aromatic carbocycles. The summed E-state index contributed by atoms with van der Waals surface area (Å²) < 4.78 is 15.8. The molecule has 1 heterocycles. The molecule has 0 unspecified atom stereocenters. The summed E-state index contributed by atoms with van der Waals surface area (Å²) in [6, 6.07) is 11.5. The highest BCUT2D eigenvalue weighted by Crippen LogP contribution is 2.24. The standard InChI is InChI=1S/C22H23NO6/c1-3-4-11-23-20(24)18-10-5-15(14-19(18)21(23)25)22(26)29-13-12-28-17-8-6-16(27-2)7-9-17/h5-10,14H,3-4,11-13H2,1-2H3. The molecule has 7 heteroatoms. The summed E-state index contributed by atoms with van der Waals surface area (Å²) in [6.45, 7) is 2.61. The Morgan fingerprint density at radius 1 is 0.931 bits per heavy atom. The molecule has 0 N–H and O–H groups in total. The molecule has 2 aromatic rings. The average molecular weight is 397 g/mol. The minimum Gasteiger partial charge on any atom is -0.497 e. The van der Waals surface area contributed by atoms with Crippen LogP contribution in [0.1, 0.15) is 50.8 Å². The SMILES string of the molecule is CCCCN1C(=O)c2ccc(C(=O)OCCOc3ccc(OC)cc3)cc2C1=O. The monoisotopic (exact) mass is 397 g/mol. The Morgan fingerprint density at radius 3 is 2.31 bits per heavy atom. The molecule has 152 valence electrons. The average Bonchev–Trinajstić information content (AvgIpc) is 2.99. The molecule has 1 aliphatic rings. The molecule has 0 aliphatic carbocycles. The van der Waals surface area contributed by atoms with Crippen LogP contribution in [0.3, 0.4) is 0 Å². The second kappa shape index (κ2) is 9.23. The first-order chi connectivity index (χ1) is 14.0. The fraction of sp³-hybridized carbons (Fsp3) is 0.318. The molecule has 29 heavy (non-hydrogen) atoms. The number of rotatable bonds is 9. The zero-order valence-corrected chi connectivity index (χ0v) is 16.5. The van der Waals surface area contributed by atoms with Gasteiger partial charge in [0.25, 0.3) is 11.8 Å². The van der Waals surface area contributed by atoms with Gasteiger partial charge >= 0.3 is 5.97 Å². The first-order valence-electron chi connectivity index (χ1n) is 9.49. The van der Waals surface area contributed by atoms with E-state index < -0.39 is 5.97 Å². The van der Waals surface area contributed by atoms with Crippen molar-refractivity contribution in [2.45, 2.75) is 19.8 Å². The molecule has 7 nitrogen and oxygen atoms in total. The van der Waals surface area contributed by atoms with E-state index >= 15 is 0 Å². The van der Waals surface area contributed by atoms with Gasteiger partial charge in [-0.1, -0.05) is 13.3 Å². The van der Waals surface area contributed by atoms with Gasteiger partial charge in [0.1, 0.15) is 24.7 Å². The third-order valence-corrected chi connectivity index (χ3v) is 4.59. The van der Waals surface area contributed by atoms with Gasteiger partial charge in [-0.2, -0.15) is 0 Å². The third kappa shape index (κ3) is 4.56. The van der Waals surface area contributed by atoms with Gasteiger partial charge < -0.3 is 14.2 Å². The van der Waals surface area contributed by atoms with Crippen LogP contribution >= 0.6 is 0 Å². The maximum absolute atomic E-state index is 12.5. The van der Waals surface area contributed by atoms with Crippen LogP contribution in [0.5, 0.6) is 11.5 Å². The number of carbonyl (C=O) groups is 3. The maximum Gasteiger partial charge on any atom is 0.338 e. The Morgan fingerprint density at radius 2 is 1.62 bits per heavy atom. The van der Waals surface area contributed by atoms with Gasteiger partial charge in [-0.05, 0) is 48.9 Å². The van der Waals surface area contributed by atoms with E-state index in [1.165, 1.54) is 23.1 Å². The molecule has 0 fully saturated rings. The Bertz CT molecular complexity index is 906. The van der Waals surface area contributed by atoms with Gasteiger partial charge in [-0.3, -0.25) is 14.5 Å². The van der Waals surface area contributed by atoms with Crippen LogP contribution in [0, 0.1) is 0 Å². The van der Waals surface area contributed by atoms with Crippen LogP contribution in [0.25, 0.3) is 0 Å². The van der Waals surface area contributed by atoms with Crippen LogP contribution in [-0.2, 0) is 4.74 Å². The second-order valence-electron chi connectivity index (χ2n) is 6.54. The lowest BCUT2D eigenvalue weighted by molar-refractivity contribution is 0.0450. The predicted molar refractivity (Wildman–Crippen MR) is 105 cm³/mol. The van der Waals surface area contributed by atoms with Crippen LogP contribution in [-0.4, -0.2) is 49.6 Å². The zero-order valence-electron chi connectivity index (χ0n) is 16.5. The number of carbonyl (C=O) groups excluding carboxylic acids is 3. The number of amides is 2. The molecule has 0 bridgehead atoms. The molecule has 0 saturated carbocycles. The summed E-state index contributed by atoms with van der Waals surface area (Å²) in [4.78, 5) is 38.3. The topological polar surface area (TPSA) is 82.1 Å². The van der Waals surface area contributed by atoms with Crippen molar-refractivity contribution >= 4 is 17.8 Å². The van der Waals surface area contributed by atoms with E-state index in [0.717, 1.165) is 18.6 Å². The fourth-order valence-corrected chi connectivity index (χ4v) is 2.99. The summed E-state index contributed by atoms with van der Waals surface area (Å²) in [5.41, 5.74) is 0.798. The van der Waals surface area contributed by atoms with Gasteiger partial charge in [-0.25, -0.2) is 4.79 Å². The molecular weight excluding hydrogens is 374 g/mol. The number of hydrogen-bond acceptors (Lipinski definition) is 6. The highest BCUT2D eigenvalue weighted by molar-refractivity contribution is 6.21. The Balaban J connectivity index is 1.55. The summed E-state index contributed by atoms with van der Waals surface area (Å²) >= 11 is 0. The van der Waals surface area contributed by atoms with Gasteiger partial charge in [0.2, 0.25) is 0 Å². The Hall–Kier alpha value is -3.35. The highest BCUT2D eigenvalue weighted by atomic mass is 16.6. The first-order valence-corrected chi connectivity index (χ1v) is 9.49. The molecule has 1 aliphatic heterocycles. The normalized spacial score (nSPS) is 12.7. The number of ether oxygens (including phenoxy) is 3. The summed E-state index contributed by atoms with van der Waals surface area (Å²) in [5.74, 6) is 0.109. The van der Waals surface area contributed by atoms with Gasteiger partial charge in [0.15, 0.2) is 0 Å². The number of nitrogens with zero attached hydrogens (tertiary/aromatic N) is 1. The summed E-state index contributed by atoms with van der Waals surface area (Å²) in [7, 11) is 1.58. The minimum absolute atomic E-state index is 0.0530. The quantitative estimate of drug-likeness (QED) is 0.367. The fourth-order valence-electron chi connectivity index (χ4n) is 2.99. The molecule has 0 spiro atoms. The molecule has 0 atom stereocenters. The smallest absolute Gasteiger partial charge is 0.338 e. The van der Waals surface area contributed by atoms with Crippen molar-refractivity contribution in [3.63, 3.8) is 0 Å². The van der Waals surface area contributed by atoms with E-state index in [0.29, 0.717) is 17.9 Å². The summed E-state index contributed by atoms with van der Waals surface area (Å²) in [5, 5.41) is 0. The lowest BCUT2D eigenvalue weighted by Gasteiger charge is -2.12. The van der Waals surface area contributed by atoms with Crippen molar-refractivity contribution in [1.82, 2.24) is 4.90 Å². The van der Waals surface area contributed by atoms with Crippen LogP contribution in [0.4, 0.5) is 0 Å². The highest BCUT2D eigenvalue weighted by Gasteiger charge is 2.35. The van der Waals surface area contributed by atoms with Crippen LogP contribution in [0.2, 0.25) is 0 Å². The van der Waals surface area contributed by atoms with E-state index in [-0.39, 0.29) is 36.2 Å². The zero-order chi connectivity index (χ0) is 20.8. The molecule has 0 aromatic heterocycles. The first kappa shape index (κ1) is 20.4. The largest absolute Gasteiger partial charge is 0.497 e.